The standard InChI is InChI=1S/C20H19FN2O5/c1-12(20(27)23-16-8-4-14(5-9-16)19(22)26)28-18(25)11-10-17(24)13-2-6-15(21)7-3-13/h2-9,12H,10-11H2,1H3,(H2,22,26)(H,23,27)/t12-/m1/s1. The summed E-state index contributed by atoms with van der Waals surface area (Å²) in [4.78, 5) is 46.9. The molecule has 2 aromatic carbocycles. The minimum Gasteiger partial charge on any atom is -0.453 e. The fourth-order valence-corrected chi connectivity index (χ4v) is 2.27. The first-order valence-corrected chi connectivity index (χ1v) is 8.45. The van der Waals surface area contributed by atoms with Gasteiger partial charge in [0.15, 0.2) is 11.9 Å². The largest absolute Gasteiger partial charge is 0.453 e. The van der Waals surface area contributed by atoms with E-state index < -0.39 is 29.7 Å². The van der Waals surface area contributed by atoms with Crippen molar-refractivity contribution in [3.63, 3.8) is 0 Å². The van der Waals surface area contributed by atoms with Crippen molar-refractivity contribution >= 4 is 29.3 Å². The fourth-order valence-electron chi connectivity index (χ4n) is 2.27. The number of anilines is 1. The van der Waals surface area contributed by atoms with E-state index in [4.69, 9.17) is 10.5 Å². The van der Waals surface area contributed by atoms with Crippen LogP contribution in [-0.2, 0) is 14.3 Å². The summed E-state index contributed by atoms with van der Waals surface area (Å²) in [5.41, 5.74) is 6.13. The molecule has 0 saturated carbocycles. The number of nitrogens with two attached hydrogens (primary N) is 1. The maximum Gasteiger partial charge on any atom is 0.307 e. The van der Waals surface area contributed by atoms with Crippen LogP contribution < -0.4 is 11.1 Å². The molecule has 0 saturated heterocycles. The molecule has 0 fully saturated rings. The van der Waals surface area contributed by atoms with Crippen molar-refractivity contribution in [1.82, 2.24) is 0 Å². The van der Waals surface area contributed by atoms with Crippen LogP contribution in [0.25, 0.3) is 0 Å². The lowest BCUT2D eigenvalue weighted by atomic mass is 10.1. The van der Waals surface area contributed by atoms with Crippen molar-refractivity contribution < 1.29 is 28.3 Å². The number of halogens is 1. The Balaban J connectivity index is 1.80. The van der Waals surface area contributed by atoms with Gasteiger partial charge in [-0.2, -0.15) is 0 Å². The number of carbonyl (C=O) groups excluding carboxylic acids is 4. The monoisotopic (exact) mass is 386 g/mol. The molecule has 2 amide bonds. The molecule has 0 unspecified atom stereocenters. The van der Waals surface area contributed by atoms with Gasteiger partial charge in [-0.15, -0.1) is 0 Å². The molecule has 7 nitrogen and oxygen atoms in total. The molecule has 0 aliphatic carbocycles. The van der Waals surface area contributed by atoms with Gasteiger partial charge < -0.3 is 15.8 Å². The van der Waals surface area contributed by atoms with Crippen LogP contribution in [0.2, 0.25) is 0 Å². The minimum atomic E-state index is -1.08. The van der Waals surface area contributed by atoms with E-state index in [0.717, 1.165) is 12.1 Å². The number of hydrogen-bond donors (Lipinski definition) is 2. The summed E-state index contributed by atoms with van der Waals surface area (Å²) in [6.45, 7) is 1.40. The maximum atomic E-state index is 12.9. The number of carbonyl (C=O) groups is 4. The zero-order chi connectivity index (χ0) is 20.7. The summed E-state index contributed by atoms with van der Waals surface area (Å²) in [7, 11) is 0. The first kappa shape index (κ1) is 20.8. The van der Waals surface area contributed by atoms with Gasteiger partial charge in [0, 0.05) is 23.2 Å². The molecular weight excluding hydrogens is 367 g/mol. The summed E-state index contributed by atoms with van der Waals surface area (Å²) in [5.74, 6) is -2.65. The maximum absolute atomic E-state index is 12.9. The smallest absolute Gasteiger partial charge is 0.307 e. The Hall–Kier alpha value is -3.55. The summed E-state index contributed by atoms with van der Waals surface area (Å²) in [6, 6.07) is 10.9. The van der Waals surface area contributed by atoms with Gasteiger partial charge in [-0.3, -0.25) is 19.2 Å². The van der Waals surface area contributed by atoms with Crippen LogP contribution in [0.15, 0.2) is 48.5 Å². The highest BCUT2D eigenvalue weighted by molar-refractivity contribution is 5.98. The Kier molecular flexibility index (Phi) is 6.97. The minimum absolute atomic E-state index is 0.118. The average molecular weight is 386 g/mol. The van der Waals surface area contributed by atoms with E-state index in [-0.39, 0.29) is 18.6 Å². The van der Waals surface area contributed by atoms with Crippen molar-refractivity contribution in [3.8, 4) is 0 Å². The van der Waals surface area contributed by atoms with Gasteiger partial charge in [-0.1, -0.05) is 0 Å². The fraction of sp³-hybridized carbons (Fsp3) is 0.200. The van der Waals surface area contributed by atoms with Gasteiger partial charge in [-0.05, 0) is 55.5 Å². The molecule has 2 rings (SSSR count). The first-order chi connectivity index (χ1) is 13.3. The Morgan fingerprint density at radius 1 is 0.964 bits per heavy atom. The number of amides is 2. The highest BCUT2D eigenvalue weighted by atomic mass is 19.1. The molecule has 0 heterocycles. The third kappa shape index (κ3) is 6.01. The number of hydrogen-bond acceptors (Lipinski definition) is 5. The molecule has 0 aromatic heterocycles. The molecule has 3 N–H and O–H groups in total. The lowest BCUT2D eigenvalue weighted by Crippen LogP contribution is -2.30. The number of primary amides is 1. The number of ether oxygens (including phenoxy) is 1. The van der Waals surface area contributed by atoms with E-state index in [2.05, 4.69) is 5.32 Å². The highest BCUT2D eigenvalue weighted by Gasteiger charge is 2.19. The number of esters is 1. The average Bonchev–Trinajstić information content (AvgIpc) is 2.67. The van der Waals surface area contributed by atoms with Gasteiger partial charge >= 0.3 is 5.97 Å². The van der Waals surface area contributed by atoms with E-state index in [1.807, 2.05) is 0 Å². The summed E-state index contributed by atoms with van der Waals surface area (Å²) < 4.78 is 17.9. The van der Waals surface area contributed by atoms with Crippen molar-refractivity contribution in [2.24, 2.45) is 5.73 Å². The number of nitrogens with one attached hydrogen (secondary N) is 1. The summed E-state index contributed by atoms with van der Waals surface area (Å²) >= 11 is 0. The normalized spacial score (nSPS) is 11.4. The first-order valence-electron chi connectivity index (χ1n) is 8.45. The van der Waals surface area contributed by atoms with Gasteiger partial charge in [0.25, 0.3) is 5.91 Å². The van der Waals surface area contributed by atoms with Crippen LogP contribution in [0.3, 0.4) is 0 Å². The molecule has 2 aromatic rings. The predicted octanol–water partition coefficient (Wildman–Crippen LogP) is 2.46. The molecular formula is C20H19FN2O5. The van der Waals surface area contributed by atoms with Crippen LogP contribution in [0, 0.1) is 5.82 Å². The molecule has 0 bridgehead atoms. The molecule has 28 heavy (non-hydrogen) atoms. The second kappa shape index (κ2) is 9.40. The van der Waals surface area contributed by atoms with Crippen LogP contribution in [0.4, 0.5) is 10.1 Å². The quantitative estimate of drug-likeness (QED) is 0.534. The number of benzene rings is 2. The summed E-state index contributed by atoms with van der Waals surface area (Å²) in [5, 5.41) is 2.54. The predicted molar refractivity (Wildman–Crippen MR) is 99.1 cm³/mol. The van der Waals surface area contributed by atoms with E-state index >= 15 is 0 Å². The van der Waals surface area contributed by atoms with Gasteiger partial charge in [-0.25, -0.2) is 4.39 Å². The Labute approximate surface area is 160 Å². The second-order valence-corrected chi connectivity index (χ2v) is 5.99. The highest BCUT2D eigenvalue weighted by Crippen LogP contribution is 2.11. The van der Waals surface area contributed by atoms with Crippen LogP contribution in [-0.4, -0.2) is 29.7 Å². The lowest BCUT2D eigenvalue weighted by molar-refractivity contribution is -0.153. The Morgan fingerprint density at radius 2 is 1.54 bits per heavy atom. The number of Topliss-reactive ketones (excluding diaryl/α,β-unsaturated/α-hetero) is 1. The van der Waals surface area contributed by atoms with Crippen molar-refractivity contribution in [2.75, 3.05) is 5.32 Å². The van der Waals surface area contributed by atoms with Gasteiger partial charge in [0.05, 0.1) is 6.42 Å². The number of ketones is 1. The topological polar surface area (TPSA) is 116 Å². The zero-order valence-electron chi connectivity index (χ0n) is 15.1. The molecule has 0 radical (unpaired) electrons. The van der Waals surface area contributed by atoms with Crippen molar-refractivity contribution in [1.29, 1.82) is 0 Å². The van der Waals surface area contributed by atoms with E-state index in [1.165, 1.54) is 43.3 Å². The van der Waals surface area contributed by atoms with Crippen LogP contribution >= 0.6 is 0 Å². The third-order valence-corrected chi connectivity index (χ3v) is 3.84. The van der Waals surface area contributed by atoms with Crippen LogP contribution in [0.5, 0.6) is 0 Å². The molecule has 0 aliphatic heterocycles. The second-order valence-electron chi connectivity index (χ2n) is 5.99. The van der Waals surface area contributed by atoms with Crippen molar-refractivity contribution in [3.05, 3.63) is 65.5 Å². The van der Waals surface area contributed by atoms with E-state index in [0.29, 0.717) is 16.8 Å². The van der Waals surface area contributed by atoms with Crippen LogP contribution in [0.1, 0.15) is 40.5 Å². The third-order valence-electron chi connectivity index (χ3n) is 3.84. The van der Waals surface area contributed by atoms with E-state index in [1.54, 1.807) is 0 Å². The van der Waals surface area contributed by atoms with Crippen molar-refractivity contribution in [2.45, 2.75) is 25.9 Å². The molecule has 8 heteroatoms. The van der Waals surface area contributed by atoms with Gasteiger partial charge in [0.1, 0.15) is 5.82 Å². The number of rotatable bonds is 8. The SMILES string of the molecule is C[C@@H](OC(=O)CCC(=O)c1ccc(F)cc1)C(=O)Nc1ccc(C(N)=O)cc1. The summed E-state index contributed by atoms with van der Waals surface area (Å²) in [6.07, 6.45) is -1.40. The molecule has 146 valence electrons. The lowest BCUT2D eigenvalue weighted by Gasteiger charge is -2.13. The van der Waals surface area contributed by atoms with Gasteiger partial charge in [0.2, 0.25) is 5.91 Å². The zero-order valence-corrected chi connectivity index (χ0v) is 15.1. The Morgan fingerprint density at radius 3 is 2.11 bits per heavy atom. The Bertz CT molecular complexity index is 878. The molecule has 0 aliphatic rings. The van der Waals surface area contributed by atoms with E-state index in [9.17, 15) is 23.6 Å². The molecule has 1 atom stereocenters. The molecule has 0 spiro atoms.